The molecule has 14 heteroatoms. The molecule has 0 radical (unpaired) electrons. The third-order valence-electron chi connectivity index (χ3n) is 8.72. The predicted octanol–water partition coefficient (Wildman–Crippen LogP) is 3.79. The van der Waals surface area contributed by atoms with Crippen molar-refractivity contribution in [3.8, 4) is 11.5 Å². The van der Waals surface area contributed by atoms with Crippen molar-refractivity contribution in [1.29, 1.82) is 0 Å². The number of amides is 6. The van der Waals surface area contributed by atoms with E-state index in [1.54, 1.807) is 12.1 Å². The van der Waals surface area contributed by atoms with Gasteiger partial charge in [0.2, 0.25) is 11.8 Å². The molecule has 0 spiro atoms. The summed E-state index contributed by atoms with van der Waals surface area (Å²) in [6.45, 7) is 0. The lowest BCUT2D eigenvalue weighted by Crippen LogP contribution is -2.60. The van der Waals surface area contributed by atoms with E-state index in [1.165, 1.54) is 25.3 Å². The number of primary amides is 1. The highest BCUT2D eigenvalue weighted by molar-refractivity contribution is 14.1. The van der Waals surface area contributed by atoms with Gasteiger partial charge in [-0.2, -0.15) is 4.90 Å². The Morgan fingerprint density at radius 1 is 1.10 bits per heavy atom. The van der Waals surface area contributed by atoms with Gasteiger partial charge in [0.15, 0.2) is 21.2 Å². The molecule has 0 unspecified atom stereocenters. The van der Waals surface area contributed by atoms with Crippen LogP contribution in [0.2, 0.25) is 0 Å². The first kappa shape index (κ1) is 28.9. The maximum Gasteiger partial charge on any atom is 0.328 e. The fourth-order valence-corrected chi connectivity index (χ4v) is 8.47. The molecule has 2 aliphatic heterocycles. The van der Waals surface area contributed by atoms with Crippen molar-refractivity contribution in [2.75, 3.05) is 12.0 Å². The highest BCUT2D eigenvalue weighted by Gasteiger charge is 2.76. The number of ether oxygens (including phenoxy) is 1. The number of hydrogen-bond acceptors (Lipinski definition) is 7. The average Bonchev–Trinajstić information content (AvgIpc) is 3.29. The normalized spacial score (nSPS) is 32.0. The summed E-state index contributed by atoms with van der Waals surface area (Å²) < 4.78 is 19.4. The lowest BCUT2D eigenvalue weighted by atomic mass is 9.56. The number of phenolic OH excluding ortho intramolecular Hbond substituents is 1. The van der Waals surface area contributed by atoms with Crippen LogP contribution in [-0.4, -0.2) is 56.5 Å². The van der Waals surface area contributed by atoms with Crippen molar-refractivity contribution in [2.45, 2.75) is 28.5 Å². The van der Waals surface area contributed by atoms with Crippen LogP contribution in [0, 0.1) is 27.1 Å². The van der Waals surface area contributed by atoms with Gasteiger partial charge in [0.05, 0.1) is 28.2 Å². The Hall–Kier alpha value is -3.23. The third kappa shape index (κ3) is 3.63. The Morgan fingerprint density at radius 2 is 1.76 bits per heavy atom. The number of urea groups is 1. The molecule has 10 nitrogen and oxygen atoms in total. The fraction of sp³-hybridized carbons (Fsp3) is 0.321. The number of nitrogens with zero attached hydrogens (tertiary/aromatic N) is 2. The van der Waals surface area contributed by atoms with E-state index in [0.717, 1.165) is 17.0 Å². The molecule has 1 saturated carbocycles. The first-order chi connectivity index (χ1) is 19.8. The number of anilines is 1. The van der Waals surface area contributed by atoms with Crippen LogP contribution in [0.25, 0.3) is 0 Å². The Labute approximate surface area is 261 Å². The molecule has 2 saturated heterocycles. The number of phenols is 1. The number of imide groups is 4. The van der Waals surface area contributed by atoms with Crippen molar-refractivity contribution in [3.05, 3.63) is 63.0 Å². The zero-order chi connectivity index (χ0) is 30.5. The number of nitrogens with two attached hydrogens (primary N) is 1. The lowest BCUT2D eigenvalue weighted by Gasteiger charge is -2.50. The first-order valence-electron chi connectivity index (χ1n) is 12.7. The van der Waals surface area contributed by atoms with Gasteiger partial charge in [0, 0.05) is 5.92 Å². The molecule has 2 aliphatic carbocycles. The van der Waals surface area contributed by atoms with E-state index in [9.17, 15) is 33.5 Å². The number of allylic oxidation sites excluding steroid dienone is 2. The van der Waals surface area contributed by atoms with Crippen molar-refractivity contribution < 1.29 is 38.2 Å². The van der Waals surface area contributed by atoms with Gasteiger partial charge in [-0.15, -0.1) is 23.2 Å². The van der Waals surface area contributed by atoms with Gasteiger partial charge in [-0.25, -0.2) is 14.1 Å². The van der Waals surface area contributed by atoms with E-state index in [1.807, 2.05) is 22.6 Å². The van der Waals surface area contributed by atoms with Gasteiger partial charge in [-0.05, 0) is 83.3 Å². The minimum Gasteiger partial charge on any atom is -0.504 e. The van der Waals surface area contributed by atoms with Crippen LogP contribution in [0.4, 0.5) is 14.9 Å². The largest absolute Gasteiger partial charge is 0.504 e. The molecular formula is C28H21Cl2FIN3O7. The van der Waals surface area contributed by atoms with Crippen molar-refractivity contribution in [1.82, 2.24) is 4.90 Å². The van der Waals surface area contributed by atoms with Crippen molar-refractivity contribution >= 4 is 81.1 Å². The number of aromatic hydroxyl groups is 1. The van der Waals surface area contributed by atoms with Crippen molar-refractivity contribution in [2.24, 2.45) is 23.5 Å². The second kappa shape index (κ2) is 9.64. The molecule has 2 heterocycles. The maximum atomic E-state index is 14.3. The summed E-state index contributed by atoms with van der Waals surface area (Å²) in [5.74, 6) is -8.07. The molecule has 6 rings (SSSR count). The number of likely N-dealkylation sites (tertiary alicyclic amines) is 1. The number of hydrogen-bond donors (Lipinski definition) is 2. The van der Waals surface area contributed by atoms with Crippen LogP contribution in [-0.2, 0) is 19.2 Å². The summed E-state index contributed by atoms with van der Waals surface area (Å²) >= 11 is 16.4. The number of fused-ring (bicyclic) bond motifs is 4. The number of benzene rings is 2. The van der Waals surface area contributed by atoms with E-state index < -0.39 is 68.9 Å². The number of rotatable bonds is 3. The summed E-state index contributed by atoms with van der Waals surface area (Å²) in [5.41, 5.74) is 6.23. The number of methoxy groups -OCH3 is 1. The molecule has 0 aromatic heterocycles. The van der Waals surface area contributed by atoms with Crippen LogP contribution in [0.3, 0.4) is 0 Å². The Balaban J connectivity index is 1.59. The SMILES string of the molecule is COc1cc([C@H]2C3=CC[C@@H]4C(=O)N(C(N)=O)C(=O)[C@@H]4[C@@H]3C[C@@]3(Cl)C(=O)N(c4ccc(F)cc4)C(=O)[C@@]23Cl)cc(I)c1O. The highest BCUT2D eigenvalue weighted by atomic mass is 127. The van der Waals surface area contributed by atoms with Gasteiger partial charge in [-0.3, -0.25) is 19.2 Å². The summed E-state index contributed by atoms with van der Waals surface area (Å²) in [4.78, 5) is 63.9. The smallest absolute Gasteiger partial charge is 0.328 e. The van der Waals surface area contributed by atoms with Crippen LogP contribution < -0.4 is 15.4 Å². The molecule has 6 amide bonds. The topological polar surface area (TPSA) is 147 Å². The molecule has 3 N–H and O–H groups in total. The van der Waals surface area contributed by atoms with Crippen molar-refractivity contribution in [3.63, 3.8) is 0 Å². The number of alkyl halides is 2. The van der Waals surface area contributed by atoms with Crippen LogP contribution >= 0.6 is 45.8 Å². The number of carbonyl (C=O) groups excluding carboxylic acids is 5. The fourth-order valence-electron chi connectivity index (χ4n) is 6.91. The Bertz CT molecular complexity index is 1650. The van der Waals surface area contributed by atoms with Gasteiger partial charge in [-0.1, -0.05) is 11.6 Å². The van der Waals surface area contributed by atoms with Gasteiger partial charge in [0.25, 0.3) is 11.8 Å². The maximum absolute atomic E-state index is 14.3. The molecule has 2 aromatic carbocycles. The van der Waals surface area contributed by atoms with E-state index in [4.69, 9.17) is 33.7 Å². The second-order valence-corrected chi connectivity index (χ2v) is 13.1. The molecule has 3 fully saturated rings. The number of halogens is 4. The zero-order valence-corrected chi connectivity index (χ0v) is 25.3. The van der Waals surface area contributed by atoms with Crippen LogP contribution in [0.5, 0.6) is 11.5 Å². The number of carbonyl (C=O) groups is 5. The molecular weight excluding hydrogens is 707 g/mol. The summed E-state index contributed by atoms with van der Waals surface area (Å²) in [6, 6.07) is 6.47. The first-order valence-corrected chi connectivity index (χ1v) is 14.6. The van der Waals surface area contributed by atoms with E-state index in [0.29, 0.717) is 19.6 Å². The van der Waals surface area contributed by atoms with E-state index in [-0.39, 0.29) is 30.0 Å². The predicted molar refractivity (Wildman–Crippen MR) is 155 cm³/mol. The molecule has 2 aromatic rings. The minimum absolute atomic E-state index is 0.0410. The molecule has 4 aliphatic rings. The van der Waals surface area contributed by atoms with E-state index >= 15 is 0 Å². The van der Waals surface area contributed by atoms with Crippen LogP contribution in [0.1, 0.15) is 24.3 Å². The Morgan fingerprint density at radius 3 is 2.38 bits per heavy atom. The average molecular weight is 728 g/mol. The Kier molecular flexibility index (Phi) is 6.63. The second-order valence-electron chi connectivity index (χ2n) is 10.7. The highest BCUT2D eigenvalue weighted by Crippen LogP contribution is 2.66. The minimum atomic E-state index is -2.16. The zero-order valence-electron chi connectivity index (χ0n) is 21.6. The quantitative estimate of drug-likeness (QED) is 0.212. The molecule has 6 atom stereocenters. The summed E-state index contributed by atoms with van der Waals surface area (Å²) in [6.07, 6.45) is 1.42. The molecule has 42 heavy (non-hydrogen) atoms. The monoisotopic (exact) mass is 727 g/mol. The standard InChI is InChI=1S/C28H21Cl2FIN3O7/c1-42-18-9-11(8-17(32)21(18)36)20-14-6-7-15-19(23(38)35(22(15)37)26(33)41)16(14)10-27(29)24(39)34(25(40)28(20,27)30)13-4-2-12(31)3-5-13/h2-6,8-9,15-16,19-20,36H,7,10H2,1H3,(H2,33,41)/t15-,16+,19-,20-,27+,28-/m0/s1. The van der Waals surface area contributed by atoms with Gasteiger partial charge < -0.3 is 15.6 Å². The summed E-state index contributed by atoms with van der Waals surface area (Å²) in [5, 5.41) is 10.5. The molecule has 0 bridgehead atoms. The lowest BCUT2D eigenvalue weighted by molar-refractivity contribution is -0.136. The van der Waals surface area contributed by atoms with Crippen LogP contribution in [0.15, 0.2) is 48.0 Å². The van der Waals surface area contributed by atoms with Gasteiger partial charge >= 0.3 is 6.03 Å². The summed E-state index contributed by atoms with van der Waals surface area (Å²) in [7, 11) is 1.34. The van der Waals surface area contributed by atoms with E-state index in [2.05, 4.69) is 0 Å². The molecule has 218 valence electrons. The third-order valence-corrected chi connectivity index (χ3v) is 11.0. The van der Waals surface area contributed by atoms with Gasteiger partial charge in [0.1, 0.15) is 5.82 Å².